The molecule has 0 atom stereocenters. The van der Waals surface area contributed by atoms with Crippen molar-refractivity contribution in [3.05, 3.63) is 89.2 Å². The van der Waals surface area contributed by atoms with Gasteiger partial charge in [0.2, 0.25) is 0 Å². The van der Waals surface area contributed by atoms with Crippen LogP contribution in [0.5, 0.6) is 0 Å². The van der Waals surface area contributed by atoms with Crippen molar-refractivity contribution in [3.63, 3.8) is 0 Å². The van der Waals surface area contributed by atoms with Gasteiger partial charge in [-0.1, -0.05) is 17.3 Å². The number of carbonyl (C=O) groups is 1. The number of fused-ring (bicyclic) bond motifs is 2. The van der Waals surface area contributed by atoms with E-state index in [4.69, 9.17) is 4.84 Å². The lowest BCUT2D eigenvalue weighted by atomic mass is 10.1. The first-order chi connectivity index (χ1) is 19.0. The molecule has 0 aliphatic carbocycles. The number of carbonyl (C=O) groups excluding carboxylic acids is 1. The molecule has 3 aromatic carbocycles. The highest BCUT2D eigenvalue weighted by molar-refractivity contribution is 7.90. The van der Waals surface area contributed by atoms with Crippen molar-refractivity contribution >= 4 is 38.2 Å². The minimum atomic E-state index is -3.33. The number of aromatic nitrogens is 2. The number of benzene rings is 3. The Morgan fingerprint density at radius 1 is 1.00 bits per heavy atom. The van der Waals surface area contributed by atoms with Gasteiger partial charge in [-0.25, -0.2) is 22.2 Å². The molecule has 5 rings (SSSR count). The number of hydrogen-bond donors (Lipinski definition) is 0. The molecule has 40 heavy (non-hydrogen) atoms. The zero-order chi connectivity index (χ0) is 28.6. The number of hydrogen-bond acceptors (Lipinski definition) is 7. The van der Waals surface area contributed by atoms with Gasteiger partial charge in [-0.3, -0.25) is 9.69 Å². The van der Waals surface area contributed by atoms with Crippen LogP contribution >= 0.6 is 0 Å². The van der Waals surface area contributed by atoms with E-state index in [9.17, 15) is 22.0 Å². The van der Waals surface area contributed by atoms with Crippen molar-refractivity contribution < 1.29 is 26.8 Å². The first-order valence-corrected chi connectivity index (χ1v) is 14.3. The summed E-state index contributed by atoms with van der Waals surface area (Å²) in [4.78, 5) is 27.3. The van der Waals surface area contributed by atoms with Crippen LogP contribution < -0.4 is 4.90 Å². The van der Waals surface area contributed by atoms with Crippen LogP contribution in [0.3, 0.4) is 0 Å². The zero-order valence-electron chi connectivity index (χ0n) is 22.1. The molecule has 12 heteroatoms. The highest BCUT2D eigenvalue weighted by atomic mass is 32.2. The third-order valence-electron chi connectivity index (χ3n) is 6.55. The second-order valence-corrected chi connectivity index (χ2v) is 11.8. The Morgan fingerprint density at radius 2 is 1.70 bits per heavy atom. The van der Waals surface area contributed by atoms with Crippen molar-refractivity contribution in [1.82, 2.24) is 14.5 Å². The smallest absolute Gasteiger partial charge is 0.281 e. The second kappa shape index (κ2) is 10.8. The Bertz CT molecular complexity index is 1730. The lowest BCUT2D eigenvalue weighted by Crippen LogP contribution is -2.31. The number of nitrogens with zero attached hydrogens (tertiary/aromatic N) is 5. The summed E-state index contributed by atoms with van der Waals surface area (Å²) in [5, 5.41) is 4.04. The molecule has 1 aliphatic rings. The molecule has 0 N–H and O–H groups in total. The van der Waals surface area contributed by atoms with Crippen LogP contribution in [0.1, 0.15) is 17.0 Å². The van der Waals surface area contributed by atoms with Crippen molar-refractivity contribution in [3.8, 4) is 0 Å². The highest BCUT2D eigenvalue weighted by Crippen LogP contribution is 2.32. The van der Waals surface area contributed by atoms with Gasteiger partial charge in [0.05, 0.1) is 28.2 Å². The van der Waals surface area contributed by atoms with Gasteiger partial charge in [0.25, 0.3) is 5.91 Å². The van der Waals surface area contributed by atoms with E-state index in [1.54, 1.807) is 18.2 Å². The molecule has 1 aliphatic heterocycles. The number of sulfone groups is 1. The van der Waals surface area contributed by atoms with Gasteiger partial charge in [-0.2, -0.15) is 0 Å². The summed E-state index contributed by atoms with van der Waals surface area (Å²) >= 11 is 0. The lowest BCUT2D eigenvalue weighted by molar-refractivity contribution is -0.112. The van der Waals surface area contributed by atoms with Crippen LogP contribution in [-0.4, -0.2) is 61.4 Å². The normalized spacial score (nSPS) is 14.5. The van der Waals surface area contributed by atoms with E-state index in [0.717, 1.165) is 6.26 Å². The summed E-state index contributed by atoms with van der Waals surface area (Å²) in [6.07, 6.45) is 1.12. The average molecular weight is 568 g/mol. The van der Waals surface area contributed by atoms with Gasteiger partial charge in [0.15, 0.2) is 15.5 Å². The number of halogens is 2. The quantitative estimate of drug-likeness (QED) is 0.286. The minimum absolute atomic E-state index is 0.0304. The fourth-order valence-corrected chi connectivity index (χ4v) is 5.12. The number of amides is 1. The fraction of sp³-hybridized carbons (Fsp3) is 0.250. The maximum atomic E-state index is 14.2. The second-order valence-electron chi connectivity index (χ2n) is 9.80. The predicted molar refractivity (Wildman–Crippen MR) is 147 cm³/mol. The summed E-state index contributed by atoms with van der Waals surface area (Å²) in [6, 6.07) is 14.4. The minimum Gasteiger partial charge on any atom is -0.390 e. The van der Waals surface area contributed by atoms with Gasteiger partial charge in [0, 0.05) is 24.9 Å². The van der Waals surface area contributed by atoms with E-state index in [1.165, 1.54) is 47.4 Å². The molecule has 1 aromatic heterocycles. The fourth-order valence-electron chi connectivity index (χ4n) is 4.49. The largest absolute Gasteiger partial charge is 0.390 e. The Labute approximate surface area is 230 Å². The summed E-state index contributed by atoms with van der Waals surface area (Å²) in [5.74, 6) is -0.878. The molecule has 4 aromatic rings. The molecule has 0 spiro atoms. The third-order valence-corrected chi connectivity index (χ3v) is 7.68. The van der Waals surface area contributed by atoms with E-state index >= 15 is 0 Å². The number of likely N-dealkylation sites (N-methyl/N-ethyl adjacent to an activating group) is 1. The summed E-state index contributed by atoms with van der Waals surface area (Å²) in [7, 11) is 0.521. The Hall–Kier alpha value is -4.16. The van der Waals surface area contributed by atoms with Crippen molar-refractivity contribution in [1.29, 1.82) is 0 Å². The first kappa shape index (κ1) is 27.4. The van der Waals surface area contributed by atoms with Crippen molar-refractivity contribution in [2.24, 2.45) is 5.16 Å². The summed E-state index contributed by atoms with van der Waals surface area (Å²) in [5.41, 5.74) is 2.51. The van der Waals surface area contributed by atoms with E-state index in [-0.39, 0.29) is 35.1 Å². The van der Waals surface area contributed by atoms with Gasteiger partial charge >= 0.3 is 0 Å². The molecule has 9 nitrogen and oxygen atoms in total. The van der Waals surface area contributed by atoms with E-state index in [2.05, 4.69) is 10.1 Å². The lowest BCUT2D eigenvalue weighted by Gasteiger charge is -2.19. The predicted octanol–water partition coefficient (Wildman–Crippen LogP) is 3.75. The maximum Gasteiger partial charge on any atom is 0.281 e. The van der Waals surface area contributed by atoms with Crippen LogP contribution in [0.25, 0.3) is 11.0 Å². The molecular weight excluding hydrogens is 540 g/mol. The molecule has 2 heterocycles. The van der Waals surface area contributed by atoms with Crippen molar-refractivity contribution in [2.75, 3.05) is 31.8 Å². The maximum absolute atomic E-state index is 14.2. The van der Waals surface area contributed by atoms with Crippen LogP contribution in [0, 0.1) is 11.6 Å². The molecule has 1 amide bonds. The molecule has 0 bridgehead atoms. The third kappa shape index (κ3) is 5.58. The molecule has 0 saturated carbocycles. The molecule has 0 unspecified atom stereocenters. The monoisotopic (exact) mass is 567 g/mol. The number of rotatable bonds is 9. The SMILES string of the molecule is CN(C)CCn1c(CN2C(=O)C(=NOCc3ccc(S(C)(=O)=O)cc3)c3cc(F)ccc32)nc2ccc(F)cc21. The number of anilines is 1. The standard InChI is InChI=1S/C28H27F2N5O4S/c1-33(2)12-13-34-25-15-20(30)6-10-23(25)31-26(34)16-35-24-11-7-19(29)14-22(24)27(28(35)36)32-39-17-18-4-8-21(9-5-18)40(3,37)38/h4-11,14-15H,12-13,16-17H2,1-3H3. The highest BCUT2D eigenvalue weighted by Gasteiger charge is 2.36. The Kier molecular flexibility index (Phi) is 7.39. The van der Waals surface area contributed by atoms with E-state index < -0.39 is 21.6 Å². The summed E-state index contributed by atoms with van der Waals surface area (Å²) < 4.78 is 53.5. The van der Waals surface area contributed by atoms with Crippen LogP contribution in [0.15, 0.2) is 70.7 Å². The molecule has 0 radical (unpaired) electrons. The molecule has 208 valence electrons. The van der Waals surface area contributed by atoms with Gasteiger partial charge in [-0.15, -0.1) is 0 Å². The average Bonchev–Trinajstić information content (AvgIpc) is 3.36. The van der Waals surface area contributed by atoms with Gasteiger partial charge in [0.1, 0.15) is 24.1 Å². The Morgan fingerprint density at radius 3 is 2.40 bits per heavy atom. The van der Waals surface area contributed by atoms with E-state index in [1.807, 2.05) is 23.6 Å². The van der Waals surface area contributed by atoms with Crippen LogP contribution in [0.4, 0.5) is 14.5 Å². The first-order valence-electron chi connectivity index (χ1n) is 12.4. The van der Waals surface area contributed by atoms with Crippen LogP contribution in [0.2, 0.25) is 0 Å². The molecule has 0 saturated heterocycles. The van der Waals surface area contributed by atoms with Crippen molar-refractivity contribution in [2.45, 2.75) is 24.6 Å². The number of oxime groups is 1. The zero-order valence-corrected chi connectivity index (χ0v) is 23.0. The topological polar surface area (TPSA) is 97.1 Å². The van der Waals surface area contributed by atoms with Crippen LogP contribution in [-0.2, 0) is 39.2 Å². The molecule has 0 fully saturated rings. The summed E-state index contributed by atoms with van der Waals surface area (Å²) in [6.45, 7) is 1.20. The Balaban J connectivity index is 1.43. The molecular formula is C28H27F2N5O4S. The van der Waals surface area contributed by atoms with E-state index in [0.29, 0.717) is 41.2 Å². The number of imidazole rings is 1. The van der Waals surface area contributed by atoms with Gasteiger partial charge in [-0.05, 0) is 68.2 Å². The van der Waals surface area contributed by atoms with Gasteiger partial charge < -0.3 is 14.3 Å².